The fraction of sp³-hybridized carbons (Fsp3) is 0.542. The molecule has 1 saturated heterocycles. The Kier molecular flexibility index (Phi) is 8.30. The van der Waals surface area contributed by atoms with Crippen LogP contribution >= 0.6 is 0 Å². The Morgan fingerprint density at radius 2 is 1.53 bits per heavy atom. The van der Waals surface area contributed by atoms with Gasteiger partial charge in [0, 0.05) is 25.7 Å². The molecule has 1 fully saturated rings. The summed E-state index contributed by atoms with van der Waals surface area (Å²) >= 11 is 0. The molecule has 0 aliphatic carbocycles. The molecular weight excluding hydrogens is 412 g/mol. The monoisotopic (exact) mass is 446 g/mol. The van der Waals surface area contributed by atoms with E-state index in [9.17, 15) is 14.4 Å². The molecule has 0 spiro atoms. The zero-order valence-corrected chi connectivity index (χ0v) is 19.8. The molecule has 8 nitrogen and oxygen atoms in total. The van der Waals surface area contributed by atoms with E-state index in [4.69, 9.17) is 14.2 Å². The molecule has 0 radical (unpaired) electrons. The Labute approximate surface area is 190 Å². The lowest BCUT2D eigenvalue weighted by Crippen LogP contribution is -2.57. The molecule has 0 aromatic heterocycles. The topological polar surface area (TPSA) is 85.4 Å². The van der Waals surface area contributed by atoms with Crippen LogP contribution < -0.4 is 0 Å². The normalized spacial score (nSPS) is 17.2. The van der Waals surface area contributed by atoms with Crippen LogP contribution in [0.25, 0.3) is 0 Å². The molecule has 0 bridgehead atoms. The van der Waals surface area contributed by atoms with Crippen molar-refractivity contribution in [3.8, 4) is 0 Å². The number of hydrogen-bond acceptors (Lipinski definition) is 6. The molecule has 0 unspecified atom stereocenters. The Morgan fingerprint density at radius 3 is 2.12 bits per heavy atom. The predicted octanol–water partition coefficient (Wildman–Crippen LogP) is 4.14. The number of benzene rings is 1. The lowest BCUT2D eigenvalue weighted by Gasteiger charge is -2.40. The third-order valence-electron chi connectivity index (χ3n) is 4.38. The number of esters is 1. The number of amides is 2. The fourth-order valence-electron chi connectivity index (χ4n) is 2.98. The third-order valence-corrected chi connectivity index (χ3v) is 4.38. The first-order valence-corrected chi connectivity index (χ1v) is 10.7. The van der Waals surface area contributed by atoms with Gasteiger partial charge < -0.3 is 19.1 Å². The lowest BCUT2D eigenvalue weighted by atomic mass is 10.1. The van der Waals surface area contributed by atoms with Gasteiger partial charge in [-0.2, -0.15) is 0 Å². The van der Waals surface area contributed by atoms with E-state index >= 15 is 0 Å². The number of hydrogen-bond donors (Lipinski definition) is 0. The van der Waals surface area contributed by atoms with E-state index in [1.54, 1.807) is 47.6 Å². The minimum atomic E-state index is -0.664. The smallest absolute Gasteiger partial charge is 0.410 e. The highest BCUT2D eigenvalue weighted by molar-refractivity contribution is 5.82. The minimum Gasteiger partial charge on any atom is -0.458 e. The molecule has 32 heavy (non-hydrogen) atoms. The Bertz CT molecular complexity index is 823. The molecule has 0 saturated carbocycles. The van der Waals surface area contributed by atoms with Crippen molar-refractivity contribution < 1.29 is 28.6 Å². The second-order valence-electron chi connectivity index (χ2n) is 9.62. The maximum absolute atomic E-state index is 12.7. The number of nitrogens with zero attached hydrogens (tertiary/aromatic N) is 2. The van der Waals surface area contributed by atoms with Crippen molar-refractivity contribution in [1.29, 1.82) is 0 Å². The van der Waals surface area contributed by atoms with Crippen molar-refractivity contribution in [1.82, 2.24) is 9.80 Å². The quantitative estimate of drug-likeness (QED) is 0.393. The van der Waals surface area contributed by atoms with Gasteiger partial charge in [-0.05, 0) is 47.1 Å². The zero-order valence-electron chi connectivity index (χ0n) is 19.8. The molecular formula is C24H34N2O6. The summed E-state index contributed by atoms with van der Waals surface area (Å²) in [6.07, 6.45) is 1.87. The Balaban J connectivity index is 2.08. The fourth-order valence-corrected chi connectivity index (χ4v) is 2.98. The van der Waals surface area contributed by atoms with E-state index in [-0.39, 0.29) is 19.7 Å². The molecule has 1 heterocycles. The molecule has 2 amide bonds. The van der Waals surface area contributed by atoms with Gasteiger partial charge in [0.1, 0.15) is 17.8 Å². The first kappa shape index (κ1) is 25.2. The first-order chi connectivity index (χ1) is 14.8. The highest BCUT2D eigenvalue weighted by atomic mass is 16.6. The van der Waals surface area contributed by atoms with Gasteiger partial charge in [-0.1, -0.05) is 36.4 Å². The number of rotatable bonds is 4. The van der Waals surface area contributed by atoms with Crippen LogP contribution in [0.3, 0.4) is 0 Å². The Hall–Kier alpha value is -3.03. The molecule has 1 aromatic rings. The van der Waals surface area contributed by atoms with Crippen LogP contribution in [0.2, 0.25) is 0 Å². The van der Waals surface area contributed by atoms with Crippen molar-refractivity contribution in [3.63, 3.8) is 0 Å². The molecule has 1 aliphatic rings. The van der Waals surface area contributed by atoms with E-state index in [1.165, 1.54) is 15.9 Å². The SMILES string of the molecule is CC(C)(C)OC(=O)N1CCN(C(=O)OC(C)(C)C)[C@@H](/C=C/C(=O)OCc2ccccc2)C1. The van der Waals surface area contributed by atoms with Crippen LogP contribution in [0.1, 0.15) is 47.1 Å². The van der Waals surface area contributed by atoms with Gasteiger partial charge in [-0.3, -0.25) is 4.90 Å². The van der Waals surface area contributed by atoms with Crippen molar-refractivity contribution in [2.24, 2.45) is 0 Å². The number of ether oxygens (including phenoxy) is 3. The summed E-state index contributed by atoms with van der Waals surface area (Å²) in [5.41, 5.74) is -0.424. The van der Waals surface area contributed by atoms with Gasteiger partial charge in [0.25, 0.3) is 0 Å². The molecule has 8 heteroatoms. The summed E-state index contributed by atoms with van der Waals surface area (Å²) in [4.78, 5) is 40.5. The van der Waals surface area contributed by atoms with Gasteiger partial charge in [0.2, 0.25) is 0 Å². The number of piperazine rings is 1. The summed E-state index contributed by atoms with van der Waals surface area (Å²) in [6.45, 7) is 11.6. The van der Waals surface area contributed by atoms with Gasteiger partial charge in [0.05, 0.1) is 6.04 Å². The van der Waals surface area contributed by atoms with Crippen LogP contribution in [-0.4, -0.2) is 64.8 Å². The van der Waals surface area contributed by atoms with Crippen molar-refractivity contribution in [3.05, 3.63) is 48.0 Å². The standard InChI is InChI=1S/C24H34N2O6/c1-23(2,3)31-21(28)25-14-15-26(22(29)32-24(4,5)6)19(16-25)12-13-20(27)30-17-18-10-8-7-9-11-18/h7-13,19H,14-17H2,1-6H3/b13-12+/t19-/m0/s1. The summed E-state index contributed by atoms with van der Waals surface area (Å²) in [5, 5.41) is 0. The van der Waals surface area contributed by atoms with E-state index in [0.29, 0.717) is 6.54 Å². The average molecular weight is 447 g/mol. The van der Waals surface area contributed by atoms with Crippen LogP contribution in [0.4, 0.5) is 9.59 Å². The summed E-state index contributed by atoms with van der Waals surface area (Å²) in [5.74, 6) is -0.535. The Morgan fingerprint density at radius 1 is 0.938 bits per heavy atom. The highest BCUT2D eigenvalue weighted by Gasteiger charge is 2.35. The van der Waals surface area contributed by atoms with Crippen molar-refractivity contribution in [2.45, 2.75) is 65.4 Å². The van der Waals surface area contributed by atoms with Crippen LogP contribution in [0.15, 0.2) is 42.5 Å². The molecule has 176 valence electrons. The summed E-state index contributed by atoms with van der Waals surface area (Å²) in [7, 11) is 0. The lowest BCUT2D eigenvalue weighted by molar-refractivity contribution is -0.139. The second kappa shape index (κ2) is 10.5. The van der Waals surface area contributed by atoms with Crippen LogP contribution in [0, 0.1) is 0 Å². The predicted molar refractivity (Wildman–Crippen MR) is 120 cm³/mol. The molecule has 1 atom stereocenters. The maximum Gasteiger partial charge on any atom is 0.410 e. The van der Waals surface area contributed by atoms with Gasteiger partial charge >= 0.3 is 18.2 Å². The second-order valence-corrected chi connectivity index (χ2v) is 9.62. The van der Waals surface area contributed by atoms with E-state index in [0.717, 1.165) is 5.56 Å². The molecule has 0 N–H and O–H groups in total. The molecule has 2 rings (SSSR count). The minimum absolute atomic E-state index is 0.147. The van der Waals surface area contributed by atoms with Gasteiger partial charge in [-0.15, -0.1) is 0 Å². The highest BCUT2D eigenvalue weighted by Crippen LogP contribution is 2.19. The molecule has 1 aliphatic heterocycles. The summed E-state index contributed by atoms with van der Waals surface area (Å²) < 4.78 is 16.2. The summed E-state index contributed by atoms with van der Waals surface area (Å²) in [6, 6.07) is 8.78. The van der Waals surface area contributed by atoms with Crippen molar-refractivity contribution >= 4 is 18.2 Å². The van der Waals surface area contributed by atoms with E-state index < -0.39 is 35.4 Å². The van der Waals surface area contributed by atoms with Crippen molar-refractivity contribution in [2.75, 3.05) is 19.6 Å². The zero-order chi connectivity index (χ0) is 23.9. The first-order valence-electron chi connectivity index (χ1n) is 10.7. The van der Waals surface area contributed by atoms with Gasteiger partial charge in [0.15, 0.2) is 0 Å². The van der Waals surface area contributed by atoms with E-state index in [1.807, 2.05) is 30.3 Å². The largest absolute Gasteiger partial charge is 0.458 e. The van der Waals surface area contributed by atoms with Crippen LogP contribution in [-0.2, 0) is 25.6 Å². The third kappa shape index (κ3) is 8.61. The molecule has 1 aromatic carbocycles. The average Bonchev–Trinajstić information content (AvgIpc) is 2.68. The maximum atomic E-state index is 12.7. The van der Waals surface area contributed by atoms with Crippen LogP contribution in [0.5, 0.6) is 0 Å². The van der Waals surface area contributed by atoms with E-state index in [2.05, 4.69) is 0 Å². The number of carbonyl (C=O) groups is 3. The number of carbonyl (C=O) groups excluding carboxylic acids is 3. The van der Waals surface area contributed by atoms with Gasteiger partial charge in [-0.25, -0.2) is 14.4 Å².